The smallest absolute Gasteiger partial charge is 0.230 e. The number of carbonyl (C=O) groups is 1. The average molecular weight is 483 g/mol. The van der Waals surface area contributed by atoms with Gasteiger partial charge in [-0.15, -0.1) is 10.2 Å². The SMILES string of the molecule is Cc1occc1-c1nnc(SCC(=O)NC(C)c2cccc3ccccc23)n1Cc1ccccc1. The highest BCUT2D eigenvalue weighted by Crippen LogP contribution is 2.28. The molecule has 2 aromatic heterocycles. The fourth-order valence-electron chi connectivity index (χ4n) is 4.24. The first kappa shape index (κ1) is 22.9. The van der Waals surface area contributed by atoms with Crippen molar-refractivity contribution in [1.82, 2.24) is 20.1 Å². The first-order valence-corrected chi connectivity index (χ1v) is 12.5. The molecule has 0 fully saturated rings. The van der Waals surface area contributed by atoms with Crippen molar-refractivity contribution in [2.45, 2.75) is 31.6 Å². The summed E-state index contributed by atoms with van der Waals surface area (Å²) < 4.78 is 7.54. The minimum Gasteiger partial charge on any atom is -0.469 e. The second kappa shape index (κ2) is 10.2. The van der Waals surface area contributed by atoms with E-state index in [4.69, 9.17) is 4.42 Å². The summed E-state index contributed by atoms with van der Waals surface area (Å²) >= 11 is 1.39. The van der Waals surface area contributed by atoms with E-state index in [1.54, 1.807) is 6.26 Å². The Morgan fingerprint density at radius 2 is 1.77 bits per heavy atom. The summed E-state index contributed by atoms with van der Waals surface area (Å²) in [5, 5.41) is 15.0. The molecule has 1 unspecified atom stereocenters. The number of amides is 1. The molecule has 0 saturated carbocycles. The van der Waals surface area contributed by atoms with Crippen molar-refractivity contribution in [2.75, 3.05) is 5.75 Å². The molecule has 6 nitrogen and oxygen atoms in total. The van der Waals surface area contributed by atoms with E-state index in [0.29, 0.717) is 11.7 Å². The van der Waals surface area contributed by atoms with Crippen LogP contribution >= 0.6 is 11.8 Å². The first-order chi connectivity index (χ1) is 17.1. The van der Waals surface area contributed by atoms with E-state index in [9.17, 15) is 4.79 Å². The normalized spacial score (nSPS) is 12.1. The van der Waals surface area contributed by atoms with E-state index >= 15 is 0 Å². The number of aromatic nitrogens is 3. The van der Waals surface area contributed by atoms with Gasteiger partial charge in [0, 0.05) is 0 Å². The van der Waals surface area contributed by atoms with Gasteiger partial charge in [0.2, 0.25) is 5.91 Å². The van der Waals surface area contributed by atoms with Gasteiger partial charge < -0.3 is 9.73 Å². The Balaban J connectivity index is 1.33. The molecule has 1 amide bonds. The van der Waals surface area contributed by atoms with E-state index in [2.05, 4.69) is 51.9 Å². The van der Waals surface area contributed by atoms with E-state index in [-0.39, 0.29) is 17.7 Å². The van der Waals surface area contributed by atoms with Crippen LogP contribution in [-0.2, 0) is 11.3 Å². The van der Waals surface area contributed by atoms with E-state index in [0.717, 1.165) is 39.0 Å². The summed E-state index contributed by atoms with van der Waals surface area (Å²) in [5.74, 6) is 1.70. The summed E-state index contributed by atoms with van der Waals surface area (Å²) in [6, 6.07) is 26.3. The standard InChI is InChI=1S/C28H26N4O2S/c1-19(23-14-8-12-22-11-6-7-13-25(22)23)29-26(33)18-35-28-31-30-27(24-15-16-34-20(24)2)32(28)17-21-9-4-3-5-10-21/h3-16,19H,17-18H2,1-2H3,(H,29,33). The van der Waals surface area contributed by atoms with Gasteiger partial charge in [-0.1, -0.05) is 84.6 Å². The zero-order valence-corrected chi connectivity index (χ0v) is 20.5. The molecule has 0 aliphatic carbocycles. The summed E-state index contributed by atoms with van der Waals surface area (Å²) in [6.07, 6.45) is 1.65. The monoisotopic (exact) mass is 482 g/mol. The van der Waals surface area contributed by atoms with Crippen molar-refractivity contribution in [3.63, 3.8) is 0 Å². The van der Waals surface area contributed by atoms with Gasteiger partial charge in [0.15, 0.2) is 11.0 Å². The molecule has 5 rings (SSSR count). The van der Waals surface area contributed by atoms with Gasteiger partial charge in [-0.25, -0.2) is 0 Å². The Kier molecular flexibility index (Phi) is 6.68. The van der Waals surface area contributed by atoms with Gasteiger partial charge in [-0.2, -0.15) is 0 Å². The maximum absolute atomic E-state index is 12.9. The Labute approximate surface area is 208 Å². The molecule has 3 aromatic carbocycles. The number of hydrogen-bond acceptors (Lipinski definition) is 5. The van der Waals surface area contributed by atoms with E-state index < -0.39 is 0 Å². The third-order valence-corrected chi connectivity index (χ3v) is 6.97. The van der Waals surface area contributed by atoms with Gasteiger partial charge in [0.1, 0.15) is 5.76 Å². The quantitative estimate of drug-likeness (QED) is 0.274. The van der Waals surface area contributed by atoms with Gasteiger partial charge in [-0.3, -0.25) is 9.36 Å². The molecule has 0 aliphatic rings. The van der Waals surface area contributed by atoms with Crippen LogP contribution in [0.1, 0.15) is 29.9 Å². The highest BCUT2D eigenvalue weighted by molar-refractivity contribution is 7.99. The number of rotatable bonds is 8. The molecule has 2 heterocycles. The molecule has 176 valence electrons. The fourth-order valence-corrected chi connectivity index (χ4v) is 4.99. The first-order valence-electron chi connectivity index (χ1n) is 11.5. The Morgan fingerprint density at radius 1 is 1.00 bits per heavy atom. The minimum atomic E-state index is -0.111. The number of carbonyl (C=O) groups excluding carboxylic acids is 1. The fraction of sp³-hybridized carbons (Fsp3) is 0.179. The third-order valence-electron chi connectivity index (χ3n) is 6.00. The van der Waals surface area contributed by atoms with Gasteiger partial charge >= 0.3 is 0 Å². The Bertz CT molecular complexity index is 1450. The van der Waals surface area contributed by atoms with Crippen molar-refractivity contribution in [3.05, 3.63) is 102 Å². The number of nitrogens with zero attached hydrogens (tertiary/aromatic N) is 3. The van der Waals surface area contributed by atoms with Gasteiger partial charge in [0.25, 0.3) is 0 Å². The number of aryl methyl sites for hydroxylation is 1. The largest absolute Gasteiger partial charge is 0.469 e. The number of benzene rings is 3. The molecule has 0 saturated heterocycles. The number of nitrogens with one attached hydrogen (secondary N) is 1. The van der Waals surface area contributed by atoms with E-state index in [1.807, 2.05) is 60.9 Å². The summed E-state index contributed by atoms with van der Waals surface area (Å²) in [7, 11) is 0. The van der Waals surface area contributed by atoms with Gasteiger partial charge in [-0.05, 0) is 41.8 Å². The number of hydrogen-bond donors (Lipinski definition) is 1. The lowest BCUT2D eigenvalue weighted by Crippen LogP contribution is -2.28. The molecule has 7 heteroatoms. The second-order valence-corrected chi connectivity index (χ2v) is 9.36. The number of furan rings is 1. The number of thioether (sulfide) groups is 1. The zero-order chi connectivity index (χ0) is 24.2. The van der Waals surface area contributed by atoms with Crippen molar-refractivity contribution < 1.29 is 9.21 Å². The van der Waals surface area contributed by atoms with Crippen molar-refractivity contribution in [2.24, 2.45) is 0 Å². The molecule has 0 bridgehead atoms. The van der Waals surface area contributed by atoms with Gasteiger partial charge in [0.05, 0.1) is 30.2 Å². The predicted octanol–water partition coefficient (Wildman–Crippen LogP) is 6.02. The lowest BCUT2D eigenvalue weighted by Gasteiger charge is -2.16. The average Bonchev–Trinajstić information content (AvgIpc) is 3.48. The molecular formula is C28H26N4O2S. The molecule has 1 atom stereocenters. The topological polar surface area (TPSA) is 72.9 Å². The number of fused-ring (bicyclic) bond motifs is 1. The van der Waals surface area contributed by atoms with Crippen molar-refractivity contribution in [3.8, 4) is 11.4 Å². The predicted molar refractivity (Wildman–Crippen MR) is 139 cm³/mol. The Hall–Kier alpha value is -3.84. The van der Waals surface area contributed by atoms with Crippen LogP contribution in [0.15, 0.2) is 94.7 Å². The van der Waals surface area contributed by atoms with Crippen LogP contribution in [0.4, 0.5) is 0 Å². The van der Waals surface area contributed by atoms with Crippen LogP contribution in [0.25, 0.3) is 22.2 Å². The molecule has 1 N–H and O–H groups in total. The van der Waals surface area contributed by atoms with Crippen molar-refractivity contribution in [1.29, 1.82) is 0 Å². The molecule has 0 spiro atoms. The van der Waals surface area contributed by atoms with Crippen LogP contribution < -0.4 is 5.32 Å². The third kappa shape index (κ3) is 5.00. The maximum Gasteiger partial charge on any atom is 0.230 e. The molecule has 0 radical (unpaired) electrons. The molecule has 5 aromatic rings. The summed E-state index contributed by atoms with van der Waals surface area (Å²) in [5.41, 5.74) is 3.13. The summed E-state index contributed by atoms with van der Waals surface area (Å²) in [4.78, 5) is 12.9. The van der Waals surface area contributed by atoms with Crippen LogP contribution in [0.5, 0.6) is 0 Å². The van der Waals surface area contributed by atoms with Crippen molar-refractivity contribution >= 4 is 28.4 Å². The van der Waals surface area contributed by atoms with Crippen LogP contribution in [-0.4, -0.2) is 26.4 Å². The second-order valence-electron chi connectivity index (χ2n) is 8.41. The molecule has 0 aliphatic heterocycles. The highest BCUT2D eigenvalue weighted by atomic mass is 32.2. The lowest BCUT2D eigenvalue weighted by atomic mass is 10.00. The maximum atomic E-state index is 12.9. The summed E-state index contributed by atoms with van der Waals surface area (Å²) in [6.45, 7) is 4.53. The molecular weight excluding hydrogens is 456 g/mol. The molecule has 35 heavy (non-hydrogen) atoms. The van der Waals surface area contributed by atoms with Crippen LogP contribution in [0.2, 0.25) is 0 Å². The highest BCUT2D eigenvalue weighted by Gasteiger charge is 2.19. The lowest BCUT2D eigenvalue weighted by molar-refractivity contribution is -0.119. The minimum absolute atomic E-state index is 0.0502. The van der Waals surface area contributed by atoms with E-state index in [1.165, 1.54) is 11.8 Å². The Morgan fingerprint density at radius 3 is 2.57 bits per heavy atom. The van der Waals surface area contributed by atoms with Crippen LogP contribution in [0.3, 0.4) is 0 Å². The zero-order valence-electron chi connectivity index (χ0n) is 19.6. The van der Waals surface area contributed by atoms with Crippen LogP contribution in [0, 0.1) is 6.92 Å².